The molecule has 0 aliphatic heterocycles. The van der Waals surface area contributed by atoms with Crippen molar-refractivity contribution >= 4 is 8.80 Å². The van der Waals surface area contributed by atoms with Gasteiger partial charge < -0.3 is 15.2 Å². The Bertz CT molecular complexity index is 131. The van der Waals surface area contributed by atoms with E-state index in [-0.39, 0.29) is 5.91 Å². The van der Waals surface area contributed by atoms with E-state index in [1.165, 1.54) is 12.5 Å². The summed E-state index contributed by atoms with van der Waals surface area (Å²) in [6, 6.07) is 1.22. The first-order chi connectivity index (χ1) is 6.71. The van der Waals surface area contributed by atoms with Crippen molar-refractivity contribution in [2.75, 3.05) is 20.8 Å². The molecule has 2 N–H and O–H groups in total. The maximum Gasteiger partial charge on any atom is 0.137 e. The van der Waals surface area contributed by atoms with E-state index >= 15 is 0 Å². The summed E-state index contributed by atoms with van der Waals surface area (Å²) in [5, 5.41) is 0. The molecule has 0 fully saturated rings. The molecule has 14 heavy (non-hydrogen) atoms. The Balaban J connectivity index is 4.19. The predicted molar refractivity (Wildman–Crippen MR) is 63.1 cm³/mol. The van der Waals surface area contributed by atoms with Gasteiger partial charge in [0.15, 0.2) is 0 Å². The van der Waals surface area contributed by atoms with Crippen LogP contribution in [0.2, 0.25) is 11.6 Å². The van der Waals surface area contributed by atoms with E-state index in [9.17, 15) is 0 Å². The minimum Gasteiger partial charge on any atom is -0.360 e. The average molecular weight is 219 g/mol. The quantitative estimate of drug-likeness (QED) is 0.497. The van der Waals surface area contributed by atoms with Gasteiger partial charge >= 0.3 is 0 Å². The Labute approximate surface area is 89.6 Å². The molecule has 0 saturated carbocycles. The lowest BCUT2D eigenvalue weighted by Crippen LogP contribution is -2.37. The molecule has 3 nitrogen and oxygen atoms in total. The van der Waals surface area contributed by atoms with Crippen LogP contribution >= 0.6 is 0 Å². The second kappa shape index (κ2) is 8.41. The van der Waals surface area contributed by atoms with Gasteiger partial charge in [-0.15, -0.1) is 0 Å². The van der Waals surface area contributed by atoms with Crippen molar-refractivity contribution in [3.05, 3.63) is 0 Å². The molecule has 4 heteroatoms. The van der Waals surface area contributed by atoms with E-state index in [0.717, 1.165) is 18.5 Å². The molecule has 0 saturated heterocycles. The summed E-state index contributed by atoms with van der Waals surface area (Å²) < 4.78 is 10.8. The Morgan fingerprint density at radius 3 is 2.21 bits per heavy atom. The van der Waals surface area contributed by atoms with Crippen LogP contribution in [-0.2, 0) is 9.47 Å². The van der Waals surface area contributed by atoms with E-state index in [4.69, 9.17) is 15.2 Å². The van der Waals surface area contributed by atoms with Crippen molar-refractivity contribution in [3.63, 3.8) is 0 Å². The van der Waals surface area contributed by atoms with Crippen molar-refractivity contribution < 1.29 is 9.47 Å². The van der Waals surface area contributed by atoms with Crippen molar-refractivity contribution in [1.29, 1.82) is 0 Å². The first kappa shape index (κ1) is 14.1. The van der Waals surface area contributed by atoms with Crippen molar-refractivity contribution in [2.45, 2.75) is 44.2 Å². The van der Waals surface area contributed by atoms with E-state index in [0.29, 0.717) is 0 Å². The van der Waals surface area contributed by atoms with Gasteiger partial charge in [-0.05, 0) is 18.5 Å². The second-order valence-electron chi connectivity index (χ2n) is 3.82. The Morgan fingerprint density at radius 2 is 1.86 bits per heavy atom. The zero-order valence-electron chi connectivity index (χ0n) is 9.95. The Kier molecular flexibility index (Phi) is 8.47. The Hall–Kier alpha value is 0.0969. The zero-order valence-corrected chi connectivity index (χ0v) is 11.1. The molecule has 0 aromatic rings. The summed E-state index contributed by atoms with van der Waals surface area (Å²) in [7, 11) is 2.49. The SMILES string of the molecule is CCC(C)[SiH](CCCN)C(OC)OC. The summed E-state index contributed by atoms with van der Waals surface area (Å²) in [6.07, 6.45) is 2.31. The highest BCUT2D eigenvalue weighted by atomic mass is 28.3. The first-order valence-corrected chi connectivity index (χ1v) is 7.61. The lowest BCUT2D eigenvalue weighted by Gasteiger charge is -2.27. The minimum absolute atomic E-state index is 0.0523. The minimum atomic E-state index is -0.985. The highest BCUT2D eigenvalue weighted by molar-refractivity contribution is 6.61. The maximum atomic E-state index is 5.54. The molecular formula is C10H25NO2Si. The molecule has 86 valence electrons. The smallest absolute Gasteiger partial charge is 0.137 e. The number of ether oxygens (including phenoxy) is 2. The normalized spacial score (nSPS) is 15.9. The fourth-order valence-electron chi connectivity index (χ4n) is 1.79. The molecule has 0 bridgehead atoms. The predicted octanol–water partition coefficient (Wildman–Crippen LogP) is 1.52. The van der Waals surface area contributed by atoms with Gasteiger partial charge in [0.2, 0.25) is 0 Å². The standard InChI is InChI=1S/C10H25NO2Si/c1-5-9(2)14(8-6-7-11)10(12-3)13-4/h9-10,14H,5-8,11H2,1-4H3. The second-order valence-corrected chi connectivity index (χ2v) is 7.41. The molecule has 0 aromatic carbocycles. The summed E-state index contributed by atoms with van der Waals surface area (Å²) in [5.41, 5.74) is 6.30. The third-order valence-corrected chi connectivity index (χ3v) is 7.18. The van der Waals surface area contributed by atoms with Crippen LogP contribution in [0.5, 0.6) is 0 Å². The molecule has 0 aliphatic rings. The largest absolute Gasteiger partial charge is 0.360 e. The van der Waals surface area contributed by atoms with Gasteiger partial charge in [0, 0.05) is 14.2 Å². The first-order valence-electron chi connectivity index (χ1n) is 5.46. The van der Waals surface area contributed by atoms with Crippen molar-refractivity contribution in [1.82, 2.24) is 0 Å². The summed E-state index contributed by atoms with van der Waals surface area (Å²) in [6.45, 7) is 5.31. The molecule has 0 aliphatic carbocycles. The number of hydrogen-bond acceptors (Lipinski definition) is 3. The molecule has 0 heterocycles. The molecule has 0 amide bonds. The average Bonchev–Trinajstić information content (AvgIpc) is 2.23. The van der Waals surface area contributed by atoms with Crippen LogP contribution in [0, 0.1) is 0 Å². The van der Waals surface area contributed by atoms with Gasteiger partial charge in [0.25, 0.3) is 0 Å². The van der Waals surface area contributed by atoms with Crippen molar-refractivity contribution in [3.8, 4) is 0 Å². The fraction of sp³-hybridized carbons (Fsp3) is 1.00. The van der Waals surface area contributed by atoms with Crippen molar-refractivity contribution in [2.24, 2.45) is 5.73 Å². The third kappa shape index (κ3) is 4.55. The highest BCUT2D eigenvalue weighted by Crippen LogP contribution is 2.22. The van der Waals surface area contributed by atoms with Crippen LogP contribution in [-0.4, -0.2) is 35.5 Å². The van der Waals surface area contributed by atoms with Gasteiger partial charge in [0.1, 0.15) is 14.7 Å². The number of rotatable bonds is 8. The molecule has 2 atom stereocenters. The molecule has 0 aromatic heterocycles. The van der Waals surface area contributed by atoms with Crippen LogP contribution in [0.1, 0.15) is 26.7 Å². The third-order valence-electron chi connectivity index (χ3n) is 2.93. The summed E-state index contributed by atoms with van der Waals surface area (Å²) in [5.74, 6) is 0.0523. The monoisotopic (exact) mass is 219 g/mol. The van der Waals surface area contributed by atoms with Crippen LogP contribution in [0.25, 0.3) is 0 Å². The molecule has 2 unspecified atom stereocenters. The van der Waals surface area contributed by atoms with Gasteiger partial charge in [-0.1, -0.05) is 26.3 Å². The van der Waals surface area contributed by atoms with E-state index < -0.39 is 8.80 Å². The lowest BCUT2D eigenvalue weighted by atomic mass is 10.4. The maximum absolute atomic E-state index is 5.54. The summed E-state index contributed by atoms with van der Waals surface area (Å²) in [4.78, 5) is 0. The van der Waals surface area contributed by atoms with Gasteiger partial charge in [-0.3, -0.25) is 0 Å². The van der Waals surface area contributed by atoms with Gasteiger partial charge in [-0.25, -0.2) is 0 Å². The number of hydrogen-bond donors (Lipinski definition) is 1. The fourth-order valence-corrected chi connectivity index (χ4v) is 5.18. The Morgan fingerprint density at radius 1 is 1.29 bits per heavy atom. The molecule has 0 radical (unpaired) electrons. The van der Waals surface area contributed by atoms with Gasteiger partial charge in [-0.2, -0.15) is 0 Å². The van der Waals surface area contributed by atoms with E-state index in [1.54, 1.807) is 14.2 Å². The van der Waals surface area contributed by atoms with Crippen LogP contribution in [0.3, 0.4) is 0 Å². The van der Waals surface area contributed by atoms with Crippen LogP contribution in [0.4, 0.5) is 0 Å². The topological polar surface area (TPSA) is 44.5 Å². The molecule has 0 rings (SSSR count). The highest BCUT2D eigenvalue weighted by Gasteiger charge is 2.27. The van der Waals surface area contributed by atoms with E-state index in [1.807, 2.05) is 0 Å². The number of methoxy groups -OCH3 is 2. The molecule has 0 spiro atoms. The van der Waals surface area contributed by atoms with Crippen LogP contribution in [0.15, 0.2) is 0 Å². The molecular weight excluding hydrogens is 194 g/mol. The van der Waals surface area contributed by atoms with E-state index in [2.05, 4.69) is 13.8 Å². The summed E-state index contributed by atoms with van der Waals surface area (Å²) >= 11 is 0. The number of nitrogens with two attached hydrogens (primary N) is 1. The van der Waals surface area contributed by atoms with Gasteiger partial charge in [0.05, 0.1) is 0 Å². The zero-order chi connectivity index (χ0) is 11.0. The lowest BCUT2D eigenvalue weighted by molar-refractivity contribution is -0.0483. The van der Waals surface area contributed by atoms with Crippen LogP contribution < -0.4 is 5.73 Å².